The summed E-state index contributed by atoms with van der Waals surface area (Å²) in [6, 6.07) is 15.3. The molecule has 2 heterocycles. The molecule has 0 saturated heterocycles. The monoisotopic (exact) mass is 480 g/mol. The molecule has 0 atom stereocenters. The van der Waals surface area contributed by atoms with E-state index >= 15 is 0 Å². The van der Waals surface area contributed by atoms with Crippen LogP contribution in [0.1, 0.15) is 0 Å². The van der Waals surface area contributed by atoms with Gasteiger partial charge in [0.1, 0.15) is 11.6 Å². The van der Waals surface area contributed by atoms with Crippen LogP contribution < -0.4 is 16.0 Å². The molecule has 0 saturated carbocycles. The molecule has 0 radical (unpaired) electrons. The number of nitriles is 1. The number of hydrogen-bond donors (Lipinski definition) is 3. The molecule has 1 aromatic heterocycles. The van der Waals surface area contributed by atoms with E-state index in [1.165, 1.54) is 6.07 Å². The molecular weight excluding hydrogens is 462 g/mol. The van der Waals surface area contributed by atoms with Crippen LogP contribution in [0.25, 0.3) is 22.6 Å². The second-order valence-electron chi connectivity index (χ2n) is 7.16. The van der Waals surface area contributed by atoms with E-state index in [1.54, 1.807) is 48.5 Å². The predicted molar refractivity (Wildman–Crippen MR) is 129 cm³/mol. The summed E-state index contributed by atoms with van der Waals surface area (Å²) in [6.45, 7) is 1.62. The smallest absolute Gasteiger partial charge is 0.163 e. The van der Waals surface area contributed by atoms with Crippen molar-refractivity contribution in [3.8, 4) is 28.7 Å². The van der Waals surface area contributed by atoms with Crippen LogP contribution in [-0.2, 0) is 0 Å². The Bertz CT molecular complexity index is 1280. The standard InChI is InChI=1S/C24H19Cl2FN6/c25-16-6-7-17(19(26)11-16)24-32-21(18-3-1-2-4-20(18)27)12-23(33-24)30-10-9-29-22-8-5-15(13-28)14-31-22/h1-8,11-12,29,31H,9-10,14H2,(H,30,32,33). The maximum Gasteiger partial charge on any atom is 0.163 e. The molecule has 3 N–H and O–H groups in total. The lowest BCUT2D eigenvalue weighted by atomic mass is 10.1. The molecule has 2 aromatic carbocycles. The van der Waals surface area contributed by atoms with Crippen molar-refractivity contribution in [2.24, 2.45) is 0 Å². The fourth-order valence-corrected chi connectivity index (χ4v) is 3.71. The van der Waals surface area contributed by atoms with Crippen LogP contribution >= 0.6 is 23.2 Å². The Balaban J connectivity index is 1.56. The normalized spacial score (nSPS) is 12.8. The summed E-state index contributed by atoms with van der Waals surface area (Å²) in [4.78, 5) is 9.13. The van der Waals surface area contributed by atoms with Crippen molar-refractivity contribution in [3.63, 3.8) is 0 Å². The minimum Gasteiger partial charge on any atom is -0.370 e. The van der Waals surface area contributed by atoms with E-state index in [2.05, 4.69) is 32.0 Å². The summed E-state index contributed by atoms with van der Waals surface area (Å²) in [5.41, 5.74) is 2.07. The van der Waals surface area contributed by atoms with E-state index in [1.807, 2.05) is 6.08 Å². The number of allylic oxidation sites excluding steroid dienone is 2. The van der Waals surface area contributed by atoms with Gasteiger partial charge >= 0.3 is 0 Å². The van der Waals surface area contributed by atoms with Crippen LogP contribution in [0.4, 0.5) is 10.2 Å². The van der Waals surface area contributed by atoms with E-state index in [0.29, 0.717) is 63.7 Å². The van der Waals surface area contributed by atoms with E-state index in [9.17, 15) is 4.39 Å². The topological polar surface area (TPSA) is 85.7 Å². The molecule has 1 aliphatic heterocycles. The Morgan fingerprint density at radius 1 is 1.00 bits per heavy atom. The van der Waals surface area contributed by atoms with Gasteiger partial charge in [0.2, 0.25) is 0 Å². The van der Waals surface area contributed by atoms with Crippen molar-refractivity contribution in [2.45, 2.75) is 0 Å². The first kappa shape index (κ1) is 22.6. The number of benzene rings is 2. The Morgan fingerprint density at radius 3 is 2.55 bits per heavy atom. The third-order valence-corrected chi connectivity index (χ3v) is 5.41. The second kappa shape index (κ2) is 10.3. The van der Waals surface area contributed by atoms with Crippen LogP contribution in [0, 0.1) is 17.1 Å². The van der Waals surface area contributed by atoms with Gasteiger partial charge in [-0.05, 0) is 42.5 Å². The molecule has 0 spiro atoms. The Labute approximate surface area is 200 Å². The third kappa shape index (κ3) is 5.61. The van der Waals surface area contributed by atoms with Crippen molar-refractivity contribution in [1.82, 2.24) is 20.6 Å². The van der Waals surface area contributed by atoms with Gasteiger partial charge in [0.25, 0.3) is 0 Å². The fourth-order valence-electron chi connectivity index (χ4n) is 3.21. The van der Waals surface area contributed by atoms with Crippen LogP contribution in [0.15, 0.2) is 72.1 Å². The summed E-state index contributed by atoms with van der Waals surface area (Å²) >= 11 is 12.4. The number of nitrogens with one attached hydrogen (secondary N) is 3. The van der Waals surface area contributed by atoms with E-state index < -0.39 is 0 Å². The van der Waals surface area contributed by atoms with Crippen LogP contribution in [-0.4, -0.2) is 29.6 Å². The highest BCUT2D eigenvalue weighted by Gasteiger charge is 2.14. The molecule has 4 rings (SSSR count). The molecule has 1 aliphatic rings. The summed E-state index contributed by atoms with van der Waals surface area (Å²) in [7, 11) is 0. The highest BCUT2D eigenvalue weighted by atomic mass is 35.5. The van der Waals surface area contributed by atoms with Crippen molar-refractivity contribution < 1.29 is 4.39 Å². The largest absolute Gasteiger partial charge is 0.370 e. The molecule has 0 fully saturated rings. The summed E-state index contributed by atoms with van der Waals surface area (Å²) in [5.74, 6) is 1.35. The quantitative estimate of drug-likeness (QED) is 0.405. The number of nitrogens with zero attached hydrogens (tertiary/aromatic N) is 3. The number of hydrogen-bond acceptors (Lipinski definition) is 6. The van der Waals surface area contributed by atoms with Crippen molar-refractivity contribution >= 4 is 29.0 Å². The number of halogens is 3. The van der Waals surface area contributed by atoms with Gasteiger partial charge in [-0.1, -0.05) is 35.3 Å². The van der Waals surface area contributed by atoms with E-state index in [4.69, 9.17) is 28.5 Å². The molecule has 3 aromatic rings. The summed E-state index contributed by atoms with van der Waals surface area (Å²) in [5, 5.41) is 19.4. The lowest BCUT2D eigenvalue weighted by Gasteiger charge is -2.16. The number of anilines is 1. The van der Waals surface area contributed by atoms with Crippen molar-refractivity contribution in [3.05, 3.63) is 87.9 Å². The maximum atomic E-state index is 14.5. The third-order valence-electron chi connectivity index (χ3n) is 4.86. The first-order valence-electron chi connectivity index (χ1n) is 10.2. The molecule has 0 unspecified atom stereocenters. The summed E-state index contributed by atoms with van der Waals surface area (Å²) < 4.78 is 14.5. The Hall–Kier alpha value is -3.60. The molecular formula is C24H19Cl2FN6. The van der Waals surface area contributed by atoms with Gasteiger partial charge in [-0.15, -0.1) is 0 Å². The van der Waals surface area contributed by atoms with Gasteiger partial charge in [0, 0.05) is 40.9 Å². The number of rotatable bonds is 7. The number of aromatic nitrogens is 2. The van der Waals surface area contributed by atoms with Gasteiger partial charge in [-0.25, -0.2) is 14.4 Å². The molecule has 33 heavy (non-hydrogen) atoms. The second-order valence-corrected chi connectivity index (χ2v) is 8.00. The van der Waals surface area contributed by atoms with Crippen LogP contribution in [0.2, 0.25) is 10.0 Å². The lowest BCUT2D eigenvalue weighted by molar-refractivity contribution is 0.630. The molecule has 0 amide bonds. The minimum absolute atomic E-state index is 0.360. The first-order valence-corrected chi connectivity index (χ1v) is 10.9. The predicted octanol–water partition coefficient (Wildman–Crippen LogP) is 5.15. The maximum absolute atomic E-state index is 14.5. The Kier molecular flexibility index (Phi) is 7.08. The molecule has 9 heteroatoms. The fraction of sp³-hybridized carbons (Fsp3) is 0.125. The molecule has 166 valence electrons. The first-order chi connectivity index (χ1) is 16.0. The molecule has 0 bridgehead atoms. The summed E-state index contributed by atoms with van der Waals surface area (Å²) in [6.07, 6.45) is 3.60. The van der Waals surface area contributed by atoms with Gasteiger partial charge in [0.05, 0.1) is 29.2 Å². The Morgan fingerprint density at radius 2 is 1.82 bits per heavy atom. The zero-order valence-corrected chi connectivity index (χ0v) is 18.9. The van der Waals surface area contributed by atoms with Crippen LogP contribution in [0.5, 0.6) is 0 Å². The zero-order valence-electron chi connectivity index (χ0n) is 17.4. The zero-order chi connectivity index (χ0) is 23.2. The van der Waals surface area contributed by atoms with Gasteiger partial charge in [-0.3, -0.25) is 0 Å². The number of dihydropyridines is 1. The van der Waals surface area contributed by atoms with Crippen LogP contribution in [0.3, 0.4) is 0 Å². The highest BCUT2D eigenvalue weighted by Crippen LogP contribution is 2.31. The lowest BCUT2D eigenvalue weighted by Crippen LogP contribution is -2.32. The van der Waals surface area contributed by atoms with E-state index in [-0.39, 0.29) is 5.82 Å². The van der Waals surface area contributed by atoms with Gasteiger partial charge in [0.15, 0.2) is 5.82 Å². The molecule has 0 aliphatic carbocycles. The molecule has 6 nitrogen and oxygen atoms in total. The highest BCUT2D eigenvalue weighted by molar-refractivity contribution is 6.36. The SMILES string of the molecule is N#CC1=CC=C(NCCNc2cc(-c3ccccc3F)nc(-c3ccc(Cl)cc3Cl)n2)NC1. The van der Waals surface area contributed by atoms with Crippen molar-refractivity contribution in [1.29, 1.82) is 5.26 Å². The van der Waals surface area contributed by atoms with Gasteiger partial charge in [-0.2, -0.15) is 5.26 Å². The van der Waals surface area contributed by atoms with Crippen molar-refractivity contribution in [2.75, 3.05) is 25.0 Å². The van der Waals surface area contributed by atoms with Gasteiger partial charge < -0.3 is 16.0 Å². The van der Waals surface area contributed by atoms with E-state index in [0.717, 1.165) is 5.82 Å². The average Bonchev–Trinajstić information content (AvgIpc) is 2.82. The average molecular weight is 481 g/mol. The minimum atomic E-state index is -0.378.